The Morgan fingerprint density at radius 1 is 1.12 bits per heavy atom. The van der Waals surface area contributed by atoms with Crippen molar-refractivity contribution in [2.75, 3.05) is 17.8 Å². The fraction of sp³-hybridized carbons (Fsp3) is 0.353. The third-order valence-electron chi connectivity index (χ3n) is 4.30. The van der Waals surface area contributed by atoms with Crippen LogP contribution in [0.15, 0.2) is 41.4 Å². The molecule has 0 saturated heterocycles. The normalized spacial score (nSPS) is 14.6. The lowest BCUT2D eigenvalue weighted by molar-refractivity contribution is 0.0715. The number of hydrogen-bond donors (Lipinski definition) is 1. The fourth-order valence-corrected chi connectivity index (χ4v) is 3.91. The summed E-state index contributed by atoms with van der Waals surface area (Å²) in [5.74, 6) is -0.127. The Labute approximate surface area is 142 Å². The minimum atomic E-state index is -3.72. The van der Waals surface area contributed by atoms with Gasteiger partial charge in [-0.1, -0.05) is 19.1 Å². The van der Waals surface area contributed by atoms with Crippen molar-refractivity contribution in [2.45, 2.75) is 31.7 Å². The summed E-state index contributed by atoms with van der Waals surface area (Å²) in [7, 11) is -3.72. The monoisotopic (exact) mass is 347 g/mol. The highest BCUT2D eigenvalue weighted by atomic mass is 32.2. The number of fused-ring (bicyclic) bond motifs is 1. The molecule has 0 saturated carbocycles. The van der Waals surface area contributed by atoms with Crippen molar-refractivity contribution in [2.24, 2.45) is 0 Å². The number of aromatic nitrogens is 1. The predicted octanol–water partition coefficient (Wildman–Crippen LogP) is 2.33. The Balaban J connectivity index is 1.86. The van der Waals surface area contributed by atoms with E-state index in [1.54, 1.807) is 21.6 Å². The molecule has 0 atom stereocenters. The molecule has 0 bridgehead atoms. The second kappa shape index (κ2) is 6.32. The van der Waals surface area contributed by atoms with Crippen molar-refractivity contribution in [3.8, 4) is 0 Å². The van der Waals surface area contributed by atoms with Gasteiger partial charge in [0, 0.05) is 31.5 Å². The predicted molar refractivity (Wildman–Crippen MR) is 92.6 cm³/mol. The Morgan fingerprint density at radius 3 is 2.46 bits per heavy atom. The topological polar surface area (TPSA) is 71.4 Å². The van der Waals surface area contributed by atoms with Gasteiger partial charge in [-0.2, -0.15) is 0 Å². The van der Waals surface area contributed by atoms with E-state index >= 15 is 0 Å². The van der Waals surface area contributed by atoms with E-state index in [1.165, 1.54) is 12.3 Å². The van der Waals surface area contributed by atoms with Crippen molar-refractivity contribution in [3.05, 3.63) is 47.8 Å². The quantitative estimate of drug-likeness (QED) is 0.902. The molecule has 0 unspecified atom stereocenters. The van der Waals surface area contributed by atoms with Crippen LogP contribution in [-0.4, -0.2) is 36.9 Å². The molecular weight excluding hydrogens is 326 g/mol. The molecule has 1 aliphatic heterocycles. The maximum Gasteiger partial charge on any atom is 0.270 e. The maximum atomic E-state index is 12.6. The second-order valence-electron chi connectivity index (χ2n) is 5.80. The average Bonchev–Trinajstić information content (AvgIpc) is 3.02. The average molecular weight is 347 g/mol. The van der Waals surface area contributed by atoms with Crippen LogP contribution in [0.4, 0.5) is 5.69 Å². The summed E-state index contributed by atoms with van der Waals surface area (Å²) >= 11 is 0. The van der Waals surface area contributed by atoms with Crippen LogP contribution in [0.1, 0.15) is 29.9 Å². The molecule has 0 fully saturated rings. The number of carbonyl (C=O) groups is 1. The van der Waals surface area contributed by atoms with Crippen molar-refractivity contribution in [3.63, 3.8) is 0 Å². The van der Waals surface area contributed by atoms with Crippen molar-refractivity contribution >= 4 is 21.6 Å². The van der Waals surface area contributed by atoms with Crippen LogP contribution in [0.2, 0.25) is 0 Å². The number of rotatable bonds is 5. The molecule has 3 rings (SSSR count). The van der Waals surface area contributed by atoms with Gasteiger partial charge in [0.05, 0.1) is 0 Å². The molecule has 0 aliphatic carbocycles. The van der Waals surface area contributed by atoms with Crippen LogP contribution in [-0.2, 0) is 23.0 Å². The molecule has 1 aromatic heterocycles. The number of benzene rings is 1. The van der Waals surface area contributed by atoms with Crippen LogP contribution in [0.3, 0.4) is 0 Å². The summed E-state index contributed by atoms with van der Waals surface area (Å²) in [5, 5.41) is 0. The van der Waals surface area contributed by atoms with Gasteiger partial charge in [0.15, 0.2) is 0 Å². The molecule has 0 spiro atoms. The number of sulfonamides is 1. The van der Waals surface area contributed by atoms with Gasteiger partial charge < -0.3 is 9.47 Å². The maximum absolute atomic E-state index is 12.6. The van der Waals surface area contributed by atoms with Crippen LogP contribution in [0, 0.1) is 0 Å². The standard InChI is InChI=1S/C17H21N3O3S/c1-3-13-5-7-14(8-6-13)18-24(22,23)15-11-16-17(21)19(4-2)9-10-20(16)12-15/h5-8,11-12,18H,3-4,9-10H2,1-2H3. The number of anilines is 1. The summed E-state index contributed by atoms with van der Waals surface area (Å²) in [6.07, 6.45) is 2.43. The minimum absolute atomic E-state index is 0.114. The third kappa shape index (κ3) is 3.03. The highest BCUT2D eigenvalue weighted by Crippen LogP contribution is 2.22. The Hall–Kier alpha value is -2.28. The molecule has 2 aromatic rings. The van der Waals surface area contributed by atoms with Gasteiger partial charge in [0.25, 0.3) is 15.9 Å². The first-order valence-electron chi connectivity index (χ1n) is 8.05. The molecule has 2 heterocycles. The second-order valence-corrected chi connectivity index (χ2v) is 7.48. The largest absolute Gasteiger partial charge is 0.340 e. The first kappa shape index (κ1) is 16.6. The van der Waals surface area contributed by atoms with E-state index in [0.29, 0.717) is 31.0 Å². The number of nitrogens with zero attached hydrogens (tertiary/aromatic N) is 2. The van der Waals surface area contributed by atoms with Gasteiger partial charge in [-0.05, 0) is 37.1 Å². The zero-order valence-corrected chi connectivity index (χ0v) is 14.6. The van der Waals surface area contributed by atoms with Gasteiger partial charge in [0.1, 0.15) is 10.6 Å². The molecule has 6 nitrogen and oxygen atoms in total. The van der Waals surface area contributed by atoms with Crippen molar-refractivity contribution < 1.29 is 13.2 Å². The third-order valence-corrected chi connectivity index (χ3v) is 5.64. The Bertz CT molecular complexity index is 854. The molecule has 1 amide bonds. The summed E-state index contributed by atoms with van der Waals surface area (Å²) in [6, 6.07) is 8.73. The molecule has 1 aliphatic rings. The van der Waals surface area contributed by atoms with Crippen molar-refractivity contribution in [1.29, 1.82) is 0 Å². The number of nitrogens with one attached hydrogen (secondary N) is 1. The Morgan fingerprint density at radius 2 is 1.83 bits per heavy atom. The minimum Gasteiger partial charge on any atom is -0.340 e. The zero-order valence-electron chi connectivity index (χ0n) is 13.8. The summed E-state index contributed by atoms with van der Waals surface area (Å²) < 4.78 is 29.4. The van der Waals surface area contributed by atoms with Gasteiger partial charge in [0.2, 0.25) is 0 Å². The molecular formula is C17H21N3O3S. The number of hydrogen-bond acceptors (Lipinski definition) is 3. The van der Waals surface area contributed by atoms with Crippen LogP contribution in [0.25, 0.3) is 0 Å². The van der Waals surface area contributed by atoms with E-state index < -0.39 is 10.0 Å². The fourth-order valence-electron chi connectivity index (χ4n) is 2.81. The Kier molecular flexibility index (Phi) is 4.36. The molecule has 128 valence electrons. The van der Waals surface area contributed by atoms with E-state index in [1.807, 2.05) is 26.0 Å². The summed E-state index contributed by atoms with van der Waals surface area (Å²) in [6.45, 7) is 5.78. The number of aryl methyl sites for hydroxylation is 1. The summed E-state index contributed by atoms with van der Waals surface area (Å²) in [5.41, 5.74) is 2.07. The van der Waals surface area contributed by atoms with Crippen LogP contribution >= 0.6 is 0 Å². The lowest BCUT2D eigenvalue weighted by Crippen LogP contribution is -2.39. The smallest absolute Gasteiger partial charge is 0.270 e. The lowest BCUT2D eigenvalue weighted by Gasteiger charge is -2.26. The van der Waals surface area contributed by atoms with E-state index in [2.05, 4.69) is 4.72 Å². The molecule has 1 N–H and O–H groups in total. The first-order valence-corrected chi connectivity index (χ1v) is 9.54. The molecule has 1 aromatic carbocycles. The summed E-state index contributed by atoms with van der Waals surface area (Å²) in [4.78, 5) is 14.1. The molecule has 7 heteroatoms. The zero-order chi connectivity index (χ0) is 17.3. The number of carbonyl (C=O) groups excluding carboxylic acids is 1. The number of amides is 1. The SMILES string of the molecule is CCc1ccc(NS(=O)(=O)c2cc3n(c2)CCN(CC)C3=O)cc1. The van der Waals surface area contributed by atoms with Crippen molar-refractivity contribution in [1.82, 2.24) is 9.47 Å². The van der Waals surface area contributed by atoms with E-state index in [-0.39, 0.29) is 10.8 Å². The molecule has 0 radical (unpaired) electrons. The van der Waals surface area contributed by atoms with E-state index in [0.717, 1.165) is 12.0 Å². The lowest BCUT2D eigenvalue weighted by atomic mass is 10.2. The van der Waals surface area contributed by atoms with E-state index in [9.17, 15) is 13.2 Å². The van der Waals surface area contributed by atoms with E-state index in [4.69, 9.17) is 0 Å². The number of likely N-dealkylation sites (N-methyl/N-ethyl adjacent to an activating group) is 1. The van der Waals surface area contributed by atoms with Gasteiger partial charge in [-0.25, -0.2) is 8.42 Å². The molecule has 24 heavy (non-hydrogen) atoms. The highest BCUT2D eigenvalue weighted by molar-refractivity contribution is 7.92. The van der Waals surface area contributed by atoms with Crippen LogP contribution in [0.5, 0.6) is 0 Å². The van der Waals surface area contributed by atoms with Gasteiger partial charge in [-0.15, -0.1) is 0 Å². The highest BCUT2D eigenvalue weighted by Gasteiger charge is 2.27. The van der Waals surface area contributed by atoms with Crippen LogP contribution < -0.4 is 4.72 Å². The first-order chi connectivity index (χ1) is 11.4. The van der Waals surface area contributed by atoms with Gasteiger partial charge >= 0.3 is 0 Å². The van der Waals surface area contributed by atoms with Gasteiger partial charge in [-0.3, -0.25) is 9.52 Å².